The molecule has 0 bridgehead atoms. The van der Waals surface area contributed by atoms with Gasteiger partial charge in [-0.2, -0.15) is 5.10 Å². The topological polar surface area (TPSA) is 93.2 Å². The SMILES string of the molecule is CN(C)C(=O)CNC(=O)c1ccn(-c2ccccc2N)n1. The van der Waals surface area contributed by atoms with E-state index in [9.17, 15) is 9.59 Å². The molecule has 1 heterocycles. The first-order valence-electron chi connectivity index (χ1n) is 6.38. The third-order valence-electron chi connectivity index (χ3n) is 2.90. The first kappa shape index (κ1) is 14.6. The molecule has 0 aliphatic rings. The summed E-state index contributed by atoms with van der Waals surface area (Å²) in [6.07, 6.45) is 1.65. The molecule has 21 heavy (non-hydrogen) atoms. The Morgan fingerprint density at radius 1 is 1.29 bits per heavy atom. The van der Waals surface area contributed by atoms with Gasteiger partial charge in [0, 0.05) is 20.3 Å². The van der Waals surface area contributed by atoms with Crippen molar-refractivity contribution in [2.45, 2.75) is 0 Å². The largest absolute Gasteiger partial charge is 0.397 e. The smallest absolute Gasteiger partial charge is 0.272 e. The van der Waals surface area contributed by atoms with E-state index in [4.69, 9.17) is 5.73 Å². The fraction of sp³-hybridized carbons (Fsp3) is 0.214. The van der Waals surface area contributed by atoms with Crippen molar-refractivity contribution in [3.8, 4) is 5.69 Å². The van der Waals surface area contributed by atoms with Crippen molar-refractivity contribution >= 4 is 17.5 Å². The van der Waals surface area contributed by atoms with Gasteiger partial charge in [-0.15, -0.1) is 0 Å². The number of carbonyl (C=O) groups excluding carboxylic acids is 2. The van der Waals surface area contributed by atoms with Gasteiger partial charge >= 0.3 is 0 Å². The van der Waals surface area contributed by atoms with Crippen LogP contribution in [-0.2, 0) is 4.79 Å². The number of nitrogens with two attached hydrogens (primary N) is 1. The number of nitrogens with zero attached hydrogens (tertiary/aromatic N) is 3. The molecule has 0 saturated carbocycles. The van der Waals surface area contributed by atoms with E-state index in [1.54, 1.807) is 38.5 Å². The van der Waals surface area contributed by atoms with Crippen LogP contribution in [0, 0.1) is 0 Å². The molecule has 0 saturated heterocycles. The molecule has 0 aliphatic carbocycles. The number of anilines is 1. The van der Waals surface area contributed by atoms with Gasteiger partial charge in [-0.1, -0.05) is 12.1 Å². The highest BCUT2D eigenvalue weighted by atomic mass is 16.2. The van der Waals surface area contributed by atoms with Crippen molar-refractivity contribution < 1.29 is 9.59 Å². The van der Waals surface area contributed by atoms with E-state index in [1.807, 2.05) is 12.1 Å². The van der Waals surface area contributed by atoms with Crippen LogP contribution in [0.3, 0.4) is 0 Å². The molecule has 0 radical (unpaired) electrons. The predicted octanol–water partition coefficient (Wildman–Crippen LogP) is 0.272. The second-order valence-corrected chi connectivity index (χ2v) is 4.68. The fourth-order valence-corrected chi connectivity index (χ4v) is 1.68. The summed E-state index contributed by atoms with van der Waals surface area (Å²) in [5, 5.41) is 6.69. The zero-order valence-electron chi connectivity index (χ0n) is 11.9. The highest BCUT2D eigenvalue weighted by Gasteiger charge is 2.13. The summed E-state index contributed by atoms with van der Waals surface area (Å²) < 4.78 is 1.53. The number of hydrogen-bond donors (Lipinski definition) is 2. The molecule has 0 spiro atoms. The van der Waals surface area contributed by atoms with E-state index >= 15 is 0 Å². The number of nitrogens with one attached hydrogen (secondary N) is 1. The Bertz CT molecular complexity index is 663. The summed E-state index contributed by atoms with van der Waals surface area (Å²) in [5.41, 5.74) is 7.35. The molecule has 0 fully saturated rings. The quantitative estimate of drug-likeness (QED) is 0.789. The lowest BCUT2D eigenvalue weighted by Crippen LogP contribution is -2.36. The van der Waals surface area contributed by atoms with E-state index in [0.29, 0.717) is 11.4 Å². The van der Waals surface area contributed by atoms with Gasteiger partial charge in [0.1, 0.15) is 0 Å². The van der Waals surface area contributed by atoms with Crippen LogP contribution < -0.4 is 11.1 Å². The molecule has 1 aromatic heterocycles. The number of nitrogen functional groups attached to an aromatic ring is 1. The van der Waals surface area contributed by atoms with Crippen LogP contribution in [-0.4, -0.2) is 47.1 Å². The second kappa shape index (κ2) is 6.08. The molecule has 7 heteroatoms. The molecule has 3 N–H and O–H groups in total. The Hall–Kier alpha value is -2.83. The maximum absolute atomic E-state index is 11.9. The van der Waals surface area contributed by atoms with Crippen LogP contribution in [0.4, 0.5) is 5.69 Å². The number of rotatable bonds is 4. The lowest BCUT2D eigenvalue weighted by Gasteiger charge is -2.10. The van der Waals surface area contributed by atoms with Gasteiger partial charge in [0.15, 0.2) is 5.69 Å². The van der Waals surface area contributed by atoms with Crippen LogP contribution in [0.1, 0.15) is 10.5 Å². The maximum atomic E-state index is 11.9. The van der Waals surface area contributed by atoms with Crippen molar-refractivity contribution in [3.63, 3.8) is 0 Å². The molecule has 0 atom stereocenters. The lowest BCUT2D eigenvalue weighted by atomic mass is 10.3. The third-order valence-corrected chi connectivity index (χ3v) is 2.90. The van der Waals surface area contributed by atoms with Gasteiger partial charge in [-0.05, 0) is 18.2 Å². The van der Waals surface area contributed by atoms with Crippen LogP contribution >= 0.6 is 0 Å². The first-order chi connectivity index (χ1) is 9.99. The highest BCUT2D eigenvalue weighted by molar-refractivity contribution is 5.94. The normalized spacial score (nSPS) is 10.2. The van der Waals surface area contributed by atoms with E-state index in [2.05, 4.69) is 10.4 Å². The molecule has 2 aromatic rings. The number of amides is 2. The number of carbonyl (C=O) groups is 2. The zero-order chi connectivity index (χ0) is 15.4. The van der Waals surface area contributed by atoms with Crippen LogP contribution in [0.5, 0.6) is 0 Å². The first-order valence-corrected chi connectivity index (χ1v) is 6.38. The molecule has 1 aromatic carbocycles. The second-order valence-electron chi connectivity index (χ2n) is 4.68. The van der Waals surface area contributed by atoms with Crippen LogP contribution in [0.2, 0.25) is 0 Å². The zero-order valence-corrected chi connectivity index (χ0v) is 11.9. The van der Waals surface area contributed by atoms with E-state index in [-0.39, 0.29) is 18.1 Å². The van der Waals surface area contributed by atoms with Crippen molar-refractivity contribution in [2.75, 3.05) is 26.4 Å². The van der Waals surface area contributed by atoms with Gasteiger partial charge in [0.25, 0.3) is 5.91 Å². The van der Waals surface area contributed by atoms with Gasteiger partial charge in [0.2, 0.25) is 5.91 Å². The van der Waals surface area contributed by atoms with Gasteiger partial charge in [-0.3, -0.25) is 9.59 Å². The lowest BCUT2D eigenvalue weighted by molar-refractivity contribution is -0.127. The fourth-order valence-electron chi connectivity index (χ4n) is 1.68. The van der Waals surface area contributed by atoms with Gasteiger partial charge in [0.05, 0.1) is 17.9 Å². The molecule has 2 rings (SSSR count). The number of benzene rings is 1. The standard InChI is InChI=1S/C14H17N5O2/c1-18(2)13(20)9-16-14(21)11-7-8-19(17-11)12-6-4-3-5-10(12)15/h3-8H,9,15H2,1-2H3,(H,16,21). The van der Waals surface area contributed by atoms with Gasteiger partial charge in [-0.25, -0.2) is 4.68 Å². The Balaban J connectivity index is 2.08. The predicted molar refractivity (Wildman–Crippen MR) is 79.0 cm³/mol. The van der Waals surface area contributed by atoms with E-state index in [1.165, 1.54) is 9.58 Å². The minimum Gasteiger partial charge on any atom is -0.397 e. The Labute approximate surface area is 122 Å². The van der Waals surface area contributed by atoms with Crippen LogP contribution in [0.15, 0.2) is 36.5 Å². The molecule has 0 aliphatic heterocycles. The van der Waals surface area contributed by atoms with Crippen molar-refractivity contribution in [1.29, 1.82) is 0 Å². The Kier molecular flexibility index (Phi) is 4.22. The summed E-state index contributed by atoms with van der Waals surface area (Å²) >= 11 is 0. The molecular formula is C14H17N5O2. The minimum absolute atomic E-state index is 0.0633. The number of para-hydroxylation sites is 2. The Morgan fingerprint density at radius 2 is 2.00 bits per heavy atom. The average molecular weight is 287 g/mol. The molecule has 0 unspecified atom stereocenters. The monoisotopic (exact) mass is 287 g/mol. The number of hydrogen-bond acceptors (Lipinski definition) is 4. The number of likely N-dealkylation sites (N-methyl/N-ethyl adjacent to an activating group) is 1. The third kappa shape index (κ3) is 3.38. The van der Waals surface area contributed by atoms with E-state index < -0.39 is 5.91 Å². The highest BCUT2D eigenvalue weighted by Crippen LogP contribution is 2.15. The molecule has 2 amide bonds. The summed E-state index contributed by atoms with van der Waals surface area (Å²) in [6, 6.07) is 8.79. The van der Waals surface area contributed by atoms with Crippen molar-refractivity contribution in [3.05, 3.63) is 42.2 Å². The summed E-state index contributed by atoms with van der Waals surface area (Å²) in [6.45, 7) is -0.0633. The molecule has 7 nitrogen and oxygen atoms in total. The van der Waals surface area contributed by atoms with Crippen LogP contribution in [0.25, 0.3) is 5.69 Å². The summed E-state index contributed by atoms with van der Waals surface area (Å²) in [5.74, 6) is -0.589. The van der Waals surface area contributed by atoms with E-state index in [0.717, 1.165) is 0 Å². The average Bonchev–Trinajstić information content (AvgIpc) is 2.94. The van der Waals surface area contributed by atoms with Gasteiger partial charge < -0.3 is 16.0 Å². The minimum atomic E-state index is -0.404. The summed E-state index contributed by atoms with van der Waals surface area (Å²) in [7, 11) is 3.25. The summed E-state index contributed by atoms with van der Waals surface area (Å²) in [4.78, 5) is 24.7. The molecular weight excluding hydrogens is 270 g/mol. The molecule has 110 valence electrons. The maximum Gasteiger partial charge on any atom is 0.272 e. The number of aromatic nitrogens is 2. The van der Waals surface area contributed by atoms with Crippen molar-refractivity contribution in [1.82, 2.24) is 20.0 Å². The Morgan fingerprint density at radius 3 is 2.67 bits per heavy atom. The van der Waals surface area contributed by atoms with Crippen molar-refractivity contribution in [2.24, 2.45) is 0 Å².